The summed E-state index contributed by atoms with van der Waals surface area (Å²) in [6.45, 7) is 6.67. The Morgan fingerprint density at radius 3 is 2.86 bits per heavy atom. The molecule has 1 unspecified atom stereocenters. The molecule has 1 saturated heterocycles. The van der Waals surface area contributed by atoms with E-state index in [4.69, 9.17) is 4.74 Å². The third-order valence-electron chi connectivity index (χ3n) is 3.69. The van der Waals surface area contributed by atoms with Gasteiger partial charge >= 0.3 is 0 Å². The van der Waals surface area contributed by atoms with E-state index in [1.54, 1.807) is 0 Å². The fourth-order valence-corrected chi connectivity index (χ4v) is 2.51. The molecule has 2 heteroatoms. The molecule has 2 fully saturated rings. The zero-order chi connectivity index (χ0) is 9.86. The lowest BCUT2D eigenvalue weighted by Crippen LogP contribution is -2.29. The average Bonchev–Trinajstić information content (AvgIpc) is 2.75. The van der Waals surface area contributed by atoms with Crippen LogP contribution >= 0.6 is 0 Å². The summed E-state index contributed by atoms with van der Waals surface area (Å²) in [4.78, 5) is 0. The van der Waals surface area contributed by atoms with Gasteiger partial charge < -0.3 is 10.1 Å². The lowest BCUT2D eigenvalue weighted by atomic mass is 10.0. The van der Waals surface area contributed by atoms with Gasteiger partial charge in [0, 0.05) is 19.7 Å². The zero-order valence-electron chi connectivity index (χ0n) is 9.35. The van der Waals surface area contributed by atoms with E-state index >= 15 is 0 Å². The van der Waals surface area contributed by atoms with Gasteiger partial charge in [-0.05, 0) is 37.0 Å². The highest BCUT2D eigenvalue weighted by atomic mass is 16.5. The summed E-state index contributed by atoms with van der Waals surface area (Å²) in [7, 11) is 0. The summed E-state index contributed by atoms with van der Waals surface area (Å²) < 4.78 is 5.36. The molecule has 0 amide bonds. The molecule has 2 rings (SSSR count). The average molecular weight is 197 g/mol. The van der Waals surface area contributed by atoms with Crippen LogP contribution in [0.15, 0.2) is 0 Å². The molecule has 2 aliphatic rings. The Balaban J connectivity index is 1.58. The van der Waals surface area contributed by atoms with E-state index < -0.39 is 0 Å². The van der Waals surface area contributed by atoms with Crippen molar-refractivity contribution in [3.8, 4) is 0 Å². The Morgan fingerprint density at radius 1 is 1.43 bits per heavy atom. The first-order valence-electron chi connectivity index (χ1n) is 6.13. The summed E-state index contributed by atoms with van der Waals surface area (Å²) in [5.41, 5.74) is 0.703. The van der Waals surface area contributed by atoms with Crippen LogP contribution in [0.25, 0.3) is 0 Å². The van der Waals surface area contributed by atoms with Crippen LogP contribution in [0.3, 0.4) is 0 Å². The van der Waals surface area contributed by atoms with Crippen molar-refractivity contribution in [3.05, 3.63) is 0 Å². The highest BCUT2D eigenvalue weighted by molar-refractivity contribution is 4.94. The molecule has 14 heavy (non-hydrogen) atoms. The Hall–Kier alpha value is -0.0800. The van der Waals surface area contributed by atoms with Crippen molar-refractivity contribution in [2.75, 3.05) is 26.3 Å². The minimum absolute atomic E-state index is 0.703. The summed E-state index contributed by atoms with van der Waals surface area (Å²) in [6.07, 6.45) is 6.92. The maximum Gasteiger partial charge on any atom is 0.0507 e. The van der Waals surface area contributed by atoms with Crippen molar-refractivity contribution < 1.29 is 4.74 Å². The van der Waals surface area contributed by atoms with E-state index in [-0.39, 0.29) is 0 Å². The van der Waals surface area contributed by atoms with Gasteiger partial charge in [0.2, 0.25) is 0 Å². The molecule has 82 valence electrons. The van der Waals surface area contributed by atoms with Crippen LogP contribution in [-0.2, 0) is 4.74 Å². The molecule has 0 aromatic heterocycles. The van der Waals surface area contributed by atoms with Gasteiger partial charge in [0.05, 0.1) is 6.61 Å². The number of hydrogen-bond acceptors (Lipinski definition) is 2. The molecule has 2 nitrogen and oxygen atoms in total. The van der Waals surface area contributed by atoms with Gasteiger partial charge in [-0.1, -0.05) is 13.3 Å². The van der Waals surface area contributed by atoms with E-state index in [9.17, 15) is 0 Å². The van der Waals surface area contributed by atoms with Crippen LogP contribution in [0, 0.1) is 11.3 Å². The Morgan fingerprint density at radius 2 is 2.29 bits per heavy atom. The van der Waals surface area contributed by atoms with E-state index in [1.165, 1.54) is 45.2 Å². The number of rotatable bonds is 6. The highest BCUT2D eigenvalue weighted by Crippen LogP contribution is 2.48. The Kier molecular flexibility index (Phi) is 3.45. The minimum atomic E-state index is 0.703. The molecule has 1 atom stereocenters. The lowest BCUT2D eigenvalue weighted by Gasteiger charge is -2.16. The second-order valence-electron chi connectivity index (χ2n) is 5.11. The van der Waals surface area contributed by atoms with Gasteiger partial charge in [-0.25, -0.2) is 0 Å². The van der Waals surface area contributed by atoms with Crippen LogP contribution in [0.2, 0.25) is 0 Å². The number of hydrogen-bond donors (Lipinski definition) is 1. The van der Waals surface area contributed by atoms with Crippen LogP contribution in [0.1, 0.15) is 39.0 Å². The molecule has 1 aliphatic heterocycles. The summed E-state index contributed by atoms with van der Waals surface area (Å²) in [5, 5.41) is 3.63. The van der Waals surface area contributed by atoms with Crippen molar-refractivity contribution in [1.82, 2.24) is 5.32 Å². The van der Waals surface area contributed by atoms with E-state index in [2.05, 4.69) is 12.2 Å². The second kappa shape index (κ2) is 4.63. The quantitative estimate of drug-likeness (QED) is 0.705. The maximum atomic E-state index is 5.36. The monoisotopic (exact) mass is 197 g/mol. The molecular formula is C12H23NO. The fraction of sp³-hybridized carbons (Fsp3) is 1.00. The third-order valence-corrected chi connectivity index (χ3v) is 3.69. The minimum Gasteiger partial charge on any atom is -0.381 e. The van der Waals surface area contributed by atoms with Gasteiger partial charge in [0.1, 0.15) is 0 Å². The van der Waals surface area contributed by atoms with Gasteiger partial charge in [0.15, 0.2) is 0 Å². The van der Waals surface area contributed by atoms with Crippen LogP contribution in [0.5, 0.6) is 0 Å². The molecule has 0 radical (unpaired) electrons. The molecule has 1 aliphatic carbocycles. The number of nitrogens with one attached hydrogen (secondary N) is 1. The Labute approximate surface area is 87.4 Å². The van der Waals surface area contributed by atoms with Crippen molar-refractivity contribution in [2.24, 2.45) is 11.3 Å². The smallest absolute Gasteiger partial charge is 0.0507 e. The number of ether oxygens (including phenoxy) is 1. The SMILES string of the molecule is CCCC1(CNCC2CCOC2)CC1. The first kappa shape index (κ1) is 10.4. The molecule has 0 spiro atoms. The zero-order valence-corrected chi connectivity index (χ0v) is 9.35. The van der Waals surface area contributed by atoms with E-state index in [0.29, 0.717) is 5.41 Å². The van der Waals surface area contributed by atoms with Crippen molar-refractivity contribution in [2.45, 2.75) is 39.0 Å². The van der Waals surface area contributed by atoms with Crippen molar-refractivity contribution in [1.29, 1.82) is 0 Å². The first-order chi connectivity index (χ1) is 6.85. The third kappa shape index (κ3) is 2.71. The predicted octanol–water partition coefficient (Wildman–Crippen LogP) is 2.19. The van der Waals surface area contributed by atoms with Crippen molar-refractivity contribution >= 4 is 0 Å². The van der Waals surface area contributed by atoms with Gasteiger partial charge in [-0.15, -0.1) is 0 Å². The molecule has 1 heterocycles. The standard InChI is InChI=1S/C12H23NO/c1-2-4-12(5-6-12)10-13-8-11-3-7-14-9-11/h11,13H,2-10H2,1H3. The first-order valence-corrected chi connectivity index (χ1v) is 6.13. The van der Waals surface area contributed by atoms with Crippen molar-refractivity contribution in [3.63, 3.8) is 0 Å². The second-order valence-corrected chi connectivity index (χ2v) is 5.11. The van der Waals surface area contributed by atoms with Crippen LogP contribution in [0.4, 0.5) is 0 Å². The van der Waals surface area contributed by atoms with Crippen LogP contribution in [-0.4, -0.2) is 26.3 Å². The van der Waals surface area contributed by atoms with E-state index in [1.807, 2.05) is 0 Å². The largest absolute Gasteiger partial charge is 0.381 e. The van der Waals surface area contributed by atoms with Crippen LogP contribution < -0.4 is 5.32 Å². The molecule has 0 bridgehead atoms. The summed E-state index contributed by atoms with van der Waals surface area (Å²) >= 11 is 0. The Bertz CT molecular complexity index is 171. The molecule has 0 aromatic carbocycles. The normalized spacial score (nSPS) is 29.4. The van der Waals surface area contributed by atoms with E-state index in [0.717, 1.165) is 19.1 Å². The molecular weight excluding hydrogens is 174 g/mol. The molecule has 0 aromatic rings. The maximum absolute atomic E-state index is 5.36. The molecule has 1 N–H and O–H groups in total. The topological polar surface area (TPSA) is 21.3 Å². The molecule has 1 saturated carbocycles. The lowest BCUT2D eigenvalue weighted by molar-refractivity contribution is 0.185. The van der Waals surface area contributed by atoms with Gasteiger partial charge in [-0.2, -0.15) is 0 Å². The fourth-order valence-electron chi connectivity index (χ4n) is 2.51. The van der Waals surface area contributed by atoms with Gasteiger partial charge in [-0.3, -0.25) is 0 Å². The summed E-state index contributed by atoms with van der Waals surface area (Å²) in [6, 6.07) is 0. The highest BCUT2D eigenvalue weighted by Gasteiger charge is 2.40. The van der Waals surface area contributed by atoms with Gasteiger partial charge in [0.25, 0.3) is 0 Å². The predicted molar refractivity (Wildman–Crippen MR) is 58.4 cm³/mol. The summed E-state index contributed by atoms with van der Waals surface area (Å²) in [5.74, 6) is 0.785.